The SMILES string of the molecule is N#Cc1cc(C(=O)O)c(CN)cc1OC(F)F. The molecule has 0 bridgehead atoms. The molecule has 0 fully saturated rings. The van der Waals surface area contributed by atoms with Gasteiger partial charge in [0.25, 0.3) is 0 Å². The van der Waals surface area contributed by atoms with Crippen molar-refractivity contribution in [3.05, 3.63) is 28.8 Å². The Bertz CT molecular complexity index is 483. The number of nitriles is 1. The number of alkyl halides is 2. The summed E-state index contributed by atoms with van der Waals surface area (Å²) >= 11 is 0. The summed E-state index contributed by atoms with van der Waals surface area (Å²) in [5, 5.41) is 17.5. The first-order valence-electron chi connectivity index (χ1n) is 4.44. The fourth-order valence-electron chi connectivity index (χ4n) is 1.27. The molecule has 0 aliphatic carbocycles. The van der Waals surface area contributed by atoms with Crippen LogP contribution in [0.15, 0.2) is 12.1 Å². The molecule has 0 unspecified atom stereocenters. The number of carbonyl (C=O) groups is 1. The highest BCUT2D eigenvalue weighted by molar-refractivity contribution is 5.90. The monoisotopic (exact) mass is 242 g/mol. The lowest BCUT2D eigenvalue weighted by Gasteiger charge is -2.10. The minimum Gasteiger partial charge on any atom is -0.478 e. The van der Waals surface area contributed by atoms with Crippen LogP contribution in [0.25, 0.3) is 0 Å². The van der Waals surface area contributed by atoms with E-state index in [4.69, 9.17) is 16.1 Å². The lowest BCUT2D eigenvalue weighted by Crippen LogP contribution is -2.10. The van der Waals surface area contributed by atoms with Crippen molar-refractivity contribution < 1.29 is 23.4 Å². The maximum absolute atomic E-state index is 12.1. The van der Waals surface area contributed by atoms with Crippen molar-refractivity contribution in [3.8, 4) is 11.8 Å². The van der Waals surface area contributed by atoms with E-state index in [2.05, 4.69) is 4.74 Å². The van der Waals surface area contributed by atoms with Crippen LogP contribution in [0.4, 0.5) is 8.78 Å². The zero-order valence-corrected chi connectivity index (χ0v) is 8.48. The Morgan fingerprint density at radius 2 is 2.24 bits per heavy atom. The summed E-state index contributed by atoms with van der Waals surface area (Å²) < 4.78 is 28.2. The summed E-state index contributed by atoms with van der Waals surface area (Å²) in [5.41, 5.74) is 4.93. The molecule has 17 heavy (non-hydrogen) atoms. The lowest BCUT2D eigenvalue weighted by atomic mass is 10.0. The minimum atomic E-state index is -3.09. The Balaban J connectivity index is 3.34. The van der Waals surface area contributed by atoms with Gasteiger partial charge < -0.3 is 15.6 Å². The molecular weight excluding hydrogens is 234 g/mol. The smallest absolute Gasteiger partial charge is 0.387 e. The highest BCUT2D eigenvalue weighted by atomic mass is 19.3. The van der Waals surface area contributed by atoms with Gasteiger partial charge in [0.1, 0.15) is 11.8 Å². The highest BCUT2D eigenvalue weighted by Crippen LogP contribution is 2.25. The third-order valence-electron chi connectivity index (χ3n) is 1.99. The molecule has 0 aromatic heterocycles. The number of rotatable bonds is 4. The molecule has 0 aliphatic rings. The van der Waals surface area contributed by atoms with Crippen molar-refractivity contribution in [3.63, 3.8) is 0 Å². The number of hydrogen-bond donors (Lipinski definition) is 2. The van der Waals surface area contributed by atoms with Gasteiger partial charge in [0.05, 0.1) is 11.1 Å². The molecule has 0 saturated heterocycles. The summed E-state index contributed by atoms with van der Waals surface area (Å²) in [7, 11) is 0. The fourth-order valence-corrected chi connectivity index (χ4v) is 1.27. The van der Waals surface area contributed by atoms with Gasteiger partial charge in [-0.1, -0.05) is 0 Å². The van der Waals surface area contributed by atoms with Gasteiger partial charge in [0.2, 0.25) is 0 Å². The molecule has 5 nitrogen and oxygen atoms in total. The Kier molecular flexibility index (Phi) is 3.96. The maximum Gasteiger partial charge on any atom is 0.387 e. The van der Waals surface area contributed by atoms with Gasteiger partial charge in [0.15, 0.2) is 0 Å². The number of carboxylic acid groups (broad SMARTS) is 1. The number of carboxylic acids is 1. The Morgan fingerprint density at radius 1 is 1.59 bits per heavy atom. The van der Waals surface area contributed by atoms with Gasteiger partial charge in [0, 0.05) is 6.54 Å². The molecule has 0 aliphatic heterocycles. The van der Waals surface area contributed by atoms with Gasteiger partial charge in [-0.25, -0.2) is 4.79 Å². The quantitative estimate of drug-likeness (QED) is 0.829. The molecule has 0 spiro atoms. The van der Waals surface area contributed by atoms with Crippen LogP contribution in [0.3, 0.4) is 0 Å². The Labute approximate surface area is 95.0 Å². The third kappa shape index (κ3) is 2.89. The molecule has 1 aromatic rings. The van der Waals surface area contributed by atoms with E-state index in [0.717, 1.165) is 12.1 Å². The average Bonchev–Trinajstić information content (AvgIpc) is 2.27. The molecule has 1 rings (SSSR count). The summed E-state index contributed by atoms with van der Waals surface area (Å²) in [4.78, 5) is 10.8. The van der Waals surface area contributed by atoms with Crippen LogP contribution < -0.4 is 10.5 Å². The van der Waals surface area contributed by atoms with Crippen molar-refractivity contribution in [1.82, 2.24) is 0 Å². The van der Waals surface area contributed by atoms with E-state index < -0.39 is 12.6 Å². The number of nitrogens with two attached hydrogens (primary N) is 1. The molecule has 0 atom stereocenters. The first-order valence-corrected chi connectivity index (χ1v) is 4.44. The number of hydrogen-bond acceptors (Lipinski definition) is 4. The van der Waals surface area contributed by atoms with Crippen LogP contribution in [0.2, 0.25) is 0 Å². The normalized spacial score (nSPS) is 10.1. The molecule has 0 saturated carbocycles. The van der Waals surface area contributed by atoms with Crippen LogP contribution in [-0.4, -0.2) is 17.7 Å². The van der Waals surface area contributed by atoms with Gasteiger partial charge in [-0.3, -0.25) is 0 Å². The molecule has 90 valence electrons. The number of nitrogens with zero attached hydrogens (tertiary/aromatic N) is 1. The van der Waals surface area contributed by atoms with Crippen molar-refractivity contribution in [2.75, 3.05) is 0 Å². The largest absolute Gasteiger partial charge is 0.478 e. The predicted molar refractivity (Wildman–Crippen MR) is 52.6 cm³/mol. The second-order valence-electron chi connectivity index (χ2n) is 3.01. The van der Waals surface area contributed by atoms with Gasteiger partial charge >= 0.3 is 12.6 Å². The molecular formula is C10H8F2N2O3. The molecule has 0 radical (unpaired) electrons. The molecule has 3 N–H and O–H groups in total. The van der Waals surface area contributed by atoms with Crippen molar-refractivity contribution in [1.29, 1.82) is 5.26 Å². The Hall–Kier alpha value is -2.20. The summed E-state index contributed by atoms with van der Waals surface area (Å²) in [5.74, 6) is -1.67. The van der Waals surface area contributed by atoms with Gasteiger partial charge in [-0.15, -0.1) is 0 Å². The van der Waals surface area contributed by atoms with E-state index in [0.29, 0.717) is 0 Å². The predicted octanol–water partition coefficient (Wildman–Crippen LogP) is 1.32. The van der Waals surface area contributed by atoms with E-state index >= 15 is 0 Å². The molecule has 7 heteroatoms. The summed E-state index contributed by atoms with van der Waals surface area (Å²) in [6.07, 6.45) is 0. The van der Waals surface area contributed by atoms with Crippen LogP contribution in [0.5, 0.6) is 5.75 Å². The van der Waals surface area contributed by atoms with Crippen LogP contribution in [0, 0.1) is 11.3 Å². The van der Waals surface area contributed by atoms with Crippen molar-refractivity contribution >= 4 is 5.97 Å². The number of ether oxygens (including phenoxy) is 1. The lowest BCUT2D eigenvalue weighted by molar-refractivity contribution is -0.0500. The van der Waals surface area contributed by atoms with Crippen molar-refractivity contribution in [2.24, 2.45) is 5.73 Å². The molecule has 0 heterocycles. The second-order valence-corrected chi connectivity index (χ2v) is 3.01. The van der Waals surface area contributed by atoms with Gasteiger partial charge in [-0.05, 0) is 17.7 Å². The topological polar surface area (TPSA) is 96.3 Å². The Morgan fingerprint density at radius 3 is 2.65 bits per heavy atom. The molecule has 1 aromatic carbocycles. The summed E-state index contributed by atoms with van der Waals surface area (Å²) in [6.45, 7) is -3.25. The number of benzene rings is 1. The second kappa shape index (κ2) is 5.23. The average molecular weight is 242 g/mol. The zero-order chi connectivity index (χ0) is 13.0. The molecule has 0 amide bonds. The first kappa shape index (κ1) is 12.9. The highest BCUT2D eigenvalue weighted by Gasteiger charge is 2.17. The van der Waals surface area contributed by atoms with E-state index in [1.54, 1.807) is 6.07 Å². The maximum atomic E-state index is 12.1. The number of halogens is 2. The van der Waals surface area contributed by atoms with Crippen LogP contribution in [-0.2, 0) is 6.54 Å². The van der Waals surface area contributed by atoms with E-state index in [1.807, 2.05) is 0 Å². The standard InChI is InChI=1S/C10H8F2N2O3/c11-10(12)17-8-2-5(3-13)7(9(15)16)1-6(8)4-14/h1-2,10H,3,13H2,(H,15,16). The van der Waals surface area contributed by atoms with Crippen LogP contribution in [0.1, 0.15) is 21.5 Å². The fraction of sp³-hybridized carbons (Fsp3) is 0.200. The zero-order valence-electron chi connectivity index (χ0n) is 8.48. The third-order valence-corrected chi connectivity index (χ3v) is 1.99. The van der Waals surface area contributed by atoms with E-state index in [-0.39, 0.29) is 29.0 Å². The van der Waals surface area contributed by atoms with Crippen molar-refractivity contribution in [2.45, 2.75) is 13.2 Å². The summed E-state index contributed by atoms with van der Waals surface area (Å²) in [6, 6.07) is 3.58. The number of aromatic carboxylic acids is 1. The van der Waals surface area contributed by atoms with Gasteiger partial charge in [-0.2, -0.15) is 14.0 Å². The van der Waals surface area contributed by atoms with Crippen LogP contribution >= 0.6 is 0 Å². The van der Waals surface area contributed by atoms with E-state index in [9.17, 15) is 13.6 Å². The minimum absolute atomic E-state index is 0.118. The first-order chi connectivity index (χ1) is 7.99. The van der Waals surface area contributed by atoms with E-state index in [1.165, 1.54) is 0 Å².